The molecule has 1 saturated heterocycles. The van der Waals surface area contributed by atoms with Crippen LogP contribution in [0.25, 0.3) is 0 Å². The lowest BCUT2D eigenvalue weighted by Gasteiger charge is -2.26. The Hall–Kier alpha value is -3.10. The maximum absolute atomic E-state index is 13.3. The van der Waals surface area contributed by atoms with Crippen molar-refractivity contribution in [1.29, 1.82) is 0 Å². The third-order valence-electron chi connectivity index (χ3n) is 4.80. The number of carbonyl (C=O) groups excluding carboxylic acids is 3. The second kappa shape index (κ2) is 6.57. The molecule has 9 nitrogen and oxygen atoms in total. The van der Waals surface area contributed by atoms with Crippen molar-refractivity contribution in [3.63, 3.8) is 0 Å². The monoisotopic (exact) mass is 372 g/mol. The molecule has 1 aromatic carbocycles. The summed E-state index contributed by atoms with van der Waals surface area (Å²) >= 11 is 0. The van der Waals surface area contributed by atoms with Crippen molar-refractivity contribution in [3.8, 4) is 0 Å². The van der Waals surface area contributed by atoms with Crippen LogP contribution in [-0.2, 0) is 19.1 Å². The smallest absolute Gasteiger partial charge is 0.354 e. The fourth-order valence-electron chi connectivity index (χ4n) is 3.79. The Bertz CT molecular complexity index is 871. The lowest BCUT2D eigenvalue weighted by molar-refractivity contribution is -0.135. The highest BCUT2D eigenvalue weighted by Gasteiger charge is 2.61. The molecule has 3 rings (SSSR count). The van der Waals surface area contributed by atoms with Crippen molar-refractivity contribution >= 4 is 29.2 Å². The van der Waals surface area contributed by atoms with E-state index in [1.807, 2.05) is 32.9 Å². The SMILES string of the molecule is CCOC(=O)C1=NN(N=O)[C@]2(CC(=O)N(c3c(C)cc(C)cc3C)C2=O)C1. The number of amides is 2. The van der Waals surface area contributed by atoms with Crippen molar-refractivity contribution < 1.29 is 19.1 Å². The summed E-state index contributed by atoms with van der Waals surface area (Å²) in [7, 11) is 0. The summed E-state index contributed by atoms with van der Waals surface area (Å²) < 4.78 is 4.90. The van der Waals surface area contributed by atoms with Gasteiger partial charge in [-0.1, -0.05) is 17.7 Å². The first-order valence-electron chi connectivity index (χ1n) is 8.58. The number of nitroso groups, excluding NO2 is 1. The zero-order valence-electron chi connectivity index (χ0n) is 15.6. The van der Waals surface area contributed by atoms with Gasteiger partial charge in [0.05, 0.1) is 24.0 Å². The molecule has 9 heteroatoms. The second-order valence-electron chi connectivity index (χ2n) is 6.81. The summed E-state index contributed by atoms with van der Waals surface area (Å²) in [5.74, 6) is -1.82. The van der Waals surface area contributed by atoms with E-state index in [0.29, 0.717) is 10.8 Å². The molecule has 0 N–H and O–H groups in total. The van der Waals surface area contributed by atoms with Gasteiger partial charge in [0.25, 0.3) is 5.91 Å². The van der Waals surface area contributed by atoms with E-state index in [9.17, 15) is 19.3 Å². The van der Waals surface area contributed by atoms with Crippen molar-refractivity contribution in [1.82, 2.24) is 5.12 Å². The summed E-state index contributed by atoms with van der Waals surface area (Å²) in [6, 6.07) is 3.75. The van der Waals surface area contributed by atoms with Gasteiger partial charge in [0.15, 0.2) is 11.3 Å². The molecular weight excluding hydrogens is 352 g/mol. The molecule has 142 valence electrons. The molecule has 0 aliphatic carbocycles. The van der Waals surface area contributed by atoms with E-state index >= 15 is 0 Å². The molecule has 0 radical (unpaired) electrons. The fraction of sp³-hybridized carbons (Fsp3) is 0.444. The van der Waals surface area contributed by atoms with Crippen LogP contribution in [-0.4, -0.2) is 40.8 Å². The molecule has 1 fully saturated rings. The van der Waals surface area contributed by atoms with Gasteiger partial charge in [-0.3, -0.25) is 9.59 Å². The van der Waals surface area contributed by atoms with Crippen LogP contribution in [0.5, 0.6) is 0 Å². The van der Waals surface area contributed by atoms with Gasteiger partial charge in [-0.05, 0) is 38.8 Å². The van der Waals surface area contributed by atoms with Crippen LogP contribution in [0.4, 0.5) is 5.69 Å². The number of hydrogen-bond acceptors (Lipinski definition) is 7. The lowest BCUT2D eigenvalue weighted by Crippen LogP contribution is -2.48. The molecular formula is C18H20N4O5. The first-order chi connectivity index (χ1) is 12.7. The van der Waals surface area contributed by atoms with Gasteiger partial charge in [-0.15, -0.1) is 15.1 Å². The number of nitrogens with zero attached hydrogens (tertiary/aromatic N) is 4. The molecule has 2 aliphatic heterocycles. The van der Waals surface area contributed by atoms with Crippen LogP contribution >= 0.6 is 0 Å². The second-order valence-corrected chi connectivity index (χ2v) is 6.81. The fourth-order valence-corrected chi connectivity index (χ4v) is 3.79. The minimum atomic E-state index is -1.62. The van der Waals surface area contributed by atoms with Gasteiger partial charge in [0, 0.05) is 6.42 Å². The van der Waals surface area contributed by atoms with Crippen LogP contribution in [0.2, 0.25) is 0 Å². The Morgan fingerprint density at radius 2 is 1.85 bits per heavy atom. The number of esters is 1. The van der Waals surface area contributed by atoms with Crippen molar-refractivity contribution in [2.24, 2.45) is 10.4 Å². The largest absolute Gasteiger partial charge is 0.461 e. The summed E-state index contributed by atoms with van der Waals surface area (Å²) in [5.41, 5.74) is 1.31. The lowest BCUT2D eigenvalue weighted by atomic mass is 9.92. The number of carbonyl (C=O) groups is 3. The molecule has 0 aromatic heterocycles. The van der Waals surface area contributed by atoms with Crippen LogP contribution in [0.15, 0.2) is 22.5 Å². The summed E-state index contributed by atoms with van der Waals surface area (Å²) in [6.45, 7) is 7.30. The Morgan fingerprint density at radius 3 is 2.41 bits per heavy atom. The highest BCUT2D eigenvalue weighted by molar-refractivity contribution is 6.39. The molecule has 0 saturated carbocycles. The van der Waals surface area contributed by atoms with Gasteiger partial charge in [-0.25, -0.2) is 9.69 Å². The summed E-state index contributed by atoms with van der Waals surface area (Å²) in [5, 5.41) is 7.24. The third kappa shape index (κ3) is 2.79. The molecule has 2 aliphatic rings. The standard InChI is InChI=1S/C18H20N4O5/c1-5-27-16(24)13-8-18(22(19-13)20-26)9-14(23)21(17(18)25)15-11(3)6-10(2)7-12(15)4/h6-7H,5,8-9H2,1-4H3/t18-/m0/s1. The number of ether oxygens (including phenoxy) is 1. The number of rotatable bonds is 4. The predicted octanol–water partition coefficient (Wildman–Crippen LogP) is 1.92. The van der Waals surface area contributed by atoms with E-state index in [-0.39, 0.29) is 25.2 Å². The topological polar surface area (TPSA) is 109 Å². The molecule has 1 aromatic rings. The highest BCUT2D eigenvalue weighted by atomic mass is 16.5. The quantitative estimate of drug-likeness (QED) is 0.454. The molecule has 2 amide bonds. The molecule has 1 atom stereocenters. The maximum Gasteiger partial charge on any atom is 0.354 e. The Morgan fingerprint density at radius 1 is 1.22 bits per heavy atom. The average Bonchev–Trinajstić information content (AvgIpc) is 3.07. The molecule has 2 heterocycles. The summed E-state index contributed by atoms with van der Waals surface area (Å²) in [4.78, 5) is 50.4. The van der Waals surface area contributed by atoms with E-state index < -0.39 is 23.3 Å². The zero-order chi connectivity index (χ0) is 19.9. The van der Waals surface area contributed by atoms with Gasteiger partial charge in [0.1, 0.15) is 0 Å². The van der Waals surface area contributed by atoms with Gasteiger partial charge >= 0.3 is 5.97 Å². The minimum Gasteiger partial charge on any atom is -0.461 e. The van der Waals surface area contributed by atoms with Crippen LogP contribution in [0, 0.1) is 25.7 Å². The highest BCUT2D eigenvalue weighted by Crippen LogP contribution is 2.42. The Balaban J connectivity index is 2.02. The van der Waals surface area contributed by atoms with Crippen LogP contribution < -0.4 is 4.90 Å². The van der Waals surface area contributed by atoms with E-state index in [1.54, 1.807) is 6.92 Å². The van der Waals surface area contributed by atoms with Crippen LogP contribution in [0.1, 0.15) is 36.5 Å². The van der Waals surface area contributed by atoms with Crippen molar-refractivity contribution in [2.45, 2.75) is 46.1 Å². The molecule has 0 unspecified atom stereocenters. The maximum atomic E-state index is 13.3. The first kappa shape index (κ1) is 18.7. The molecule has 27 heavy (non-hydrogen) atoms. The van der Waals surface area contributed by atoms with E-state index in [4.69, 9.17) is 4.74 Å². The van der Waals surface area contributed by atoms with E-state index in [0.717, 1.165) is 21.6 Å². The minimum absolute atomic E-state index is 0.100. The zero-order valence-corrected chi connectivity index (χ0v) is 15.6. The normalized spacial score (nSPS) is 21.9. The average molecular weight is 372 g/mol. The van der Waals surface area contributed by atoms with Gasteiger partial charge < -0.3 is 4.74 Å². The van der Waals surface area contributed by atoms with E-state index in [1.165, 1.54) is 0 Å². The van der Waals surface area contributed by atoms with Crippen LogP contribution in [0.3, 0.4) is 0 Å². The number of hydrogen-bond donors (Lipinski definition) is 0. The van der Waals surface area contributed by atoms with Gasteiger partial charge in [0.2, 0.25) is 5.91 Å². The van der Waals surface area contributed by atoms with Crippen molar-refractivity contribution in [3.05, 3.63) is 33.7 Å². The number of imide groups is 1. The number of benzene rings is 1. The Kier molecular flexibility index (Phi) is 4.54. The summed E-state index contributed by atoms with van der Waals surface area (Å²) in [6.07, 6.45) is -0.501. The third-order valence-corrected chi connectivity index (χ3v) is 4.80. The Labute approximate surface area is 155 Å². The van der Waals surface area contributed by atoms with Crippen molar-refractivity contribution in [2.75, 3.05) is 11.5 Å². The molecule has 1 spiro atoms. The van der Waals surface area contributed by atoms with E-state index in [2.05, 4.69) is 10.4 Å². The number of hydrazone groups is 1. The number of aryl methyl sites for hydroxylation is 3. The molecule has 0 bridgehead atoms. The van der Waals surface area contributed by atoms with Gasteiger partial charge in [-0.2, -0.15) is 0 Å². The number of anilines is 1. The predicted molar refractivity (Wildman–Crippen MR) is 96.8 cm³/mol. The first-order valence-corrected chi connectivity index (χ1v) is 8.58.